The van der Waals surface area contributed by atoms with Crippen LogP contribution in [0.15, 0.2) is 23.1 Å². The molecule has 8 heteroatoms. The van der Waals surface area contributed by atoms with E-state index in [1.165, 1.54) is 23.5 Å². The summed E-state index contributed by atoms with van der Waals surface area (Å²) in [6, 6.07) is 3.49. The quantitative estimate of drug-likeness (QED) is 0.861. The SMILES string of the molecule is COc1ccc(S(=O)(=O)N2CCOC(CO)C2)cc1F. The molecule has 1 aliphatic rings. The largest absolute Gasteiger partial charge is 0.494 e. The summed E-state index contributed by atoms with van der Waals surface area (Å²) in [7, 11) is -2.50. The number of aliphatic hydroxyl groups is 1. The van der Waals surface area contributed by atoms with E-state index in [9.17, 15) is 12.8 Å². The Kier molecular flexibility index (Phi) is 4.59. The van der Waals surface area contributed by atoms with Crippen molar-refractivity contribution in [2.75, 3.05) is 33.4 Å². The van der Waals surface area contributed by atoms with E-state index in [4.69, 9.17) is 14.6 Å². The van der Waals surface area contributed by atoms with E-state index in [-0.39, 0.29) is 36.9 Å². The number of sulfonamides is 1. The molecular weight excluding hydrogens is 289 g/mol. The average molecular weight is 305 g/mol. The molecule has 0 amide bonds. The van der Waals surface area contributed by atoms with Crippen LogP contribution < -0.4 is 4.74 Å². The summed E-state index contributed by atoms with van der Waals surface area (Å²) in [5.41, 5.74) is 0. The smallest absolute Gasteiger partial charge is 0.243 e. The van der Waals surface area contributed by atoms with Crippen molar-refractivity contribution in [1.29, 1.82) is 0 Å². The number of nitrogens with zero attached hydrogens (tertiary/aromatic N) is 1. The van der Waals surface area contributed by atoms with Gasteiger partial charge in [-0.3, -0.25) is 0 Å². The van der Waals surface area contributed by atoms with Gasteiger partial charge in [0.1, 0.15) is 0 Å². The lowest BCUT2D eigenvalue weighted by molar-refractivity contribution is -0.0304. The van der Waals surface area contributed by atoms with Crippen LogP contribution in [0.4, 0.5) is 4.39 Å². The van der Waals surface area contributed by atoms with Gasteiger partial charge in [-0.2, -0.15) is 4.31 Å². The summed E-state index contributed by atoms with van der Waals surface area (Å²) in [6.07, 6.45) is -0.554. The number of methoxy groups -OCH3 is 1. The minimum Gasteiger partial charge on any atom is -0.494 e. The predicted molar refractivity (Wildman–Crippen MR) is 68.5 cm³/mol. The van der Waals surface area contributed by atoms with Crippen LogP contribution in [0.5, 0.6) is 5.75 Å². The highest BCUT2D eigenvalue weighted by Gasteiger charge is 2.31. The minimum atomic E-state index is -3.81. The van der Waals surface area contributed by atoms with Crippen molar-refractivity contribution in [3.8, 4) is 5.75 Å². The standard InChI is InChI=1S/C12H16FNO5S/c1-18-12-3-2-10(6-11(12)13)20(16,17)14-4-5-19-9(7-14)8-15/h2-3,6,9,15H,4-5,7-8H2,1H3. The third-order valence-electron chi connectivity index (χ3n) is 3.07. The van der Waals surface area contributed by atoms with Gasteiger partial charge in [-0.25, -0.2) is 12.8 Å². The second-order valence-electron chi connectivity index (χ2n) is 4.33. The van der Waals surface area contributed by atoms with Gasteiger partial charge in [-0.05, 0) is 18.2 Å². The Labute approximate surface area is 116 Å². The Balaban J connectivity index is 2.28. The van der Waals surface area contributed by atoms with E-state index in [0.29, 0.717) is 0 Å². The molecule has 0 bridgehead atoms. The first kappa shape index (κ1) is 15.2. The van der Waals surface area contributed by atoms with Crippen molar-refractivity contribution < 1.29 is 27.4 Å². The third kappa shape index (κ3) is 2.93. The molecule has 1 fully saturated rings. The van der Waals surface area contributed by atoms with Crippen LogP contribution in [-0.2, 0) is 14.8 Å². The summed E-state index contributed by atoms with van der Waals surface area (Å²) in [5, 5.41) is 9.03. The maximum absolute atomic E-state index is 13.6. The molecule has 1 aromatic carbocycles. The number of benzene rings is 1. The van der Waals surface area contributed by atoms with Gasteiger partial charge in [0.2, 0.25) is 10.0 Å². The maximum Gasteiger partial charge on any atom is 0.243 e. The summed E-state index contributed by atoms with van der Waals surface area (Å²) < 4.78 is 49.5. The second-order valence-corrected chi connectivity index (χ2v) is 6.27. The van der Waals surface area contributed by atoms with E-state index in [0.717, 1.165) is 6.07 Å². The van der Waals surface area contributed by atoms with Gasteiger partial charge in [0.05, 0.1) is 31.3 Å². The van der Waals surface area contributed by atoms with Gasteiger partial charge in [-0.15, -0.1) is 0 Å². The molecule has 112 valence electrons. The molecule has 1 N–H and O–H groups in total. The number of morpholine rings is 1. The summed E-state index contributed by atoms with van der Waals surface area (Å²) in [6.45, 7) is 0.158. The fourth-order valence-corrected chi connectivity index (χ4v) is 3.45. The first-order chi connectivity index (χ1) is 9.48. The molecular formula is C12H16FNO5S. The summed E-state index contributed by atoms with van der Waals surface area (Å²) in [4.78, 5) is -0.144. The van der Waals surface area contributed by atoms with Crippen molar-refractivity contribution in [2.45, 2.75) is 11.0 Å². The molecule has 0 aliphatic carbocycles. The van der Waals surface area contributed by atoms with E-state index in [1.54, 1.807) is 0 Å². The highest BCUT2D eigenvalue weighted by Crippen LogP contribution is 2.24. The first-order valence-corrected chi connectivity index (χ1v) is 7.49. The molecule has 2 rings (SSSR count). The summed E-state index contributed by atoms with van der Waals surface area (Å²) >= 11 is 0. The Bertz CT molecular complexity index is 577. The molecule has 1 saturated heterocycles. The van der Waals surface area contributed by atoms with Gasteiger partial charge in [0.15, 0.2) is 11.6 Å². The zero-order chi connectivity index (χ0) is 14.8. The van der Waals surface area contributed by atoms with Gasteiger partial charge < -0.3 is 14.6 Å². The monoisotopic (exact) mass is 305 g/mol. The Hall–Kier alpha value is -1.22. The highest BCUT2D eigenvalue weighted by atomic mass is 32.2. The number of aliphatic hydroxyl groups excluding tert-OH is 1. The summed E-state index contributed by atoms with van der Waals surface area (Å²) in [5.74, 6) is -0.750. The zero-order valence-electron chi connectivity index (χ0n) is 11.0. The van der Waals surface area contributed by atoms with Crippen LogP contribution in [0.25, 0.3) is 0 Å². The lowest BCUT2D eigenvalue weighted by atomic mass is 10.3. The number of hydrogen-bond acceptors (Lipinski definition) is 5. The van der Waals surface area contributed by atoms with E-state index < -0.39 is 21.9 Å². The van der Waals surface area contributed by atoms with Crippen molar-refractivity contribution in [2.24, 2.45) is 0 Å². The fourth-order valence-electron chi connectivity index (χ4n) is 1.98. The Morgan fingerprint density at radius 2 is 2.30 bits per heavy atom. The molecule has 1 aliphatic heterocycles. The number of halogens is 1. The van der Waals surface area contributed by atoms with E-state index in [1.807, 2.05) is 0 Å². The number of ether oxygens (including phenoxy) is 2. The zero-order valence-corrected chi connectivity index (χ0v) is 11.8. The van der Waals surface area contributed by atoms with Crippen molar-refractivity contribution in [1.82, 2.24) is 4.31 Å². The number of rotatable bonds is 4. The van der Waals surface area contributed by atoms with Crippen LogP contribution in [0.2, 0.25) is 0 Å². The molecule has 0 radical (unpaired) electrons. The van der Waals surface area contributed by atoms with Crippen LogP contribution in [-0.4, -0.2) is 57.3 Å². The van der Waals surface area contributed by atoms with E-state index in [2.05, 4.69) is 0 Å². The van der Waals surface area contributed by atoms with E-state index >= 15 is 0 Å². The maximum atomic E-state index is 13.6. The van der Waals surface area contributed by atoms with Gasteiger partial charge in [0.25, 0.3) is 0 Å². The highest BCUT2D eigenvalue weighted by molar-refractivity contribution is 7.89. The van der Waals surface area contributed by atoms with Crippen molar-refractivity contribution in [3.63, 3.8) is 0 Å². The molecule has 1 unspecified atom stereocenters. The Morgan fingerprint density at radius 1 is 1.55 bits per heavy atom. The van der Waals surface area contributed by atoms with Gasteiger partial charge >= 0.3 is 0 Å². The van der Waals surface area contributed by atoms with Crippen LogP contribution in [0, 0.1) is 5.82 Å². The molecule has 1 atom stereocenters. The molecule has 0 spiro atoms. The van der Waals surface area contributed by atoms with Gasteiger partial charge in [0, 0.05) is 13.1 Å². The van der Waals surface area contributed by atoms with Crippen LogP contribution >= 0.6 is 0 Å². The van der Waals surface area contributed by atoms with Crippen LogP contribution in [0.3, 0.4) is 0 Å². The van der Waals surface area contributed by atoms with Gasteiger partial charge in [-0.1, -0.05) is 0 Å². The predicted octanol–water partition coefficient (Wildman–Crippen LogP) is 0.216. The van der Waals surface area contributed by atoms with Crippen molar-refractivity contribution in [3.05, 3.63) is 24.0 Å². The molecule has 0 saturated carbocycles. The lowest BCUT2D eigenvalue weighted by Gasteiger charge is -2.31. The lowest BCUT2D eigenvalue weighted by Crippen LogP contribution is -2.46. The molecule has 6 nitrogen and oxygen atoms in total. The molecule has 0 aromatic heterocycles. The minimum absolute atomic E-state index is 0.0147. The fraction of sp³-hybridized carbons (Fsp3) is 0.500. The normalized spacial score (nSPS) is 20.9. The van der Waals surface area contributed by atoms with Crippen LogP contribution in [0.1, 0.15) is 0 Å². The topological polar surface area (TPSA) is 76.1 Å². The average Bonchev–Trinajstić information content (AvgIpc) is 2.47. The van der Waals surface area contributed by atoms with Crippen molar-refractivity contribution >= 4 is 10.0 Å². The Morgan fingerprint density at radius 3 is 2.90 bits per heavy atom. The third-order valence-corrected chi connectivity index (χ3v) is 4.93. The second kappa shape index (κ2) is 6.04. The number of hydrogen-bond donors (Lipinski definition) is 1. The molecule has 20 heavy (non-hydrogen) atoms. The first-order valence-electron chi connectivity index (χ1n) is 6.05. The molecule has 1 heterocycles. The molecule has 1 aromatic rings.